The van der Waals surface area contributed by atoms with Gasteiger partial charge in [0.1, 0.15) is 5.52 Å². The van der Waals surface area contributed by atoms with Gasteiger partial charge in [-0.15, -0.1) is 0 Å². The molecule has 1 aromatic carbocycles. The lowest BCUT2D eigenvalue weighted by molar-refractivity contribution is -0.131. The van der Waals surface area contributed by atoms with Gasteiger partial charge in [-0.05, 0) is 36.6 Å². The van der Waals surface area contributed by atoms with Gasteiger partial charge in [-0.2, -0.15) is 0 Å². The zero-order valence-corrected chi connectivity index (χ0v) is 15.4. The van der Waals surface area contributed by atoms with Gasteiger partial charge >= 0.3 is 0 Å². The van der Waals surface area contributed by atoms with Crippen LogP contribution in [0.4, 0.5) is 0 Å². The summed E-state index contributed by atoms with van der Waals surface area (Å²) in [5.74, 6) is -0.0830. The maximum atomic E-state index is 12.4. The minimum atomic E-state index is -0.589. The number of amides is 1. The summed E-state index contributed by atoms with van der Waals surface area (Å²) in [6.07, 6.45) is 0.0294. The van der Waals surface area contributed by atoms with Gasteiger partial charge in [0, 0.05) is 13.1 Å². The molecule has 0 saturated carbocycles. The summed E-state index contributed by atoms with van der Waals surface area (Å²) in [5.41, 5.74) is 2.76. The largest absolute Gasteiger partial charge is 0.439 e. The van der Waals surface area contributed by atoms with Gasteiger partial charge in [0.25, 0.3) is 0 Å². The summed E-state index contributed by atoms with van der Waals surface area (Å²) < 4.78 is 5.72. The molecule has 3 rings (SSSR count). The van der Waals surface area contributed by atoms with E-state index in [9.17, 15) is 9.90 Å². The second-order valence-electron chi connectivity index (χ2n) is 7.98. The van der Waals surface area contributed by atoms with E-state index in [0.29, 0.717) is 18.9 Å². The van der Waals surface area contributed by atoms with Crippen LogP contribution in [0.1, 0.15) is 38.6 Å². The van der Waals surface area contributed by atoms with E-state index in [1.165, 1.54) is 5.56 Å². The van der Waals surface area contributed by atoms with Crippen LogP contribution in [0.2, 0.25) is 0 Å². The number of nitrogens with zero attached hydrogens (tertiary/aromatic N) is 2. The van der Waals surface area contributed by atoms with Crippen LogP contribution < -0.4 is 5.32 Å². The molecule has 2 aromatic rings. The van der Waals surface area contributed by atoms with Crippen molar-refractivity contribution in [2.75, 3.05) is 20.1 Å². The molecule has 0 radical (unpaired) electrons. The number of nitrogens with one attached hydrogen (secondary N) is 1. The second kappa shape index (κ2) is 6.77. The smallest absolute Gasteiger partial charge is 0.227 e. The highest BCUT2D eigenvalue weighted by Gasteiger charge is 2.31. The third-order valence-corrected chi connectivity index (χ3v) is 4.83. The number of rotatable bonds is 3. The Morgan fingerprint density at radius 1 is 1.44 bits per heavy atom. The van der Waals surface area contributed by atoms with Gasteiger partial charge < -0.3 is 19.7 Å². The number of oxazole rings is 1. The molecule has 2 heterocycles. The van der Waals surface area contributed by atoms with Crippen LogP contribution in [0.15, 0.2) is 22.6 Å². The number of hydrogen-bond acceptors (Lipinski definition) is 5. The van der Waals surface area contributed by atoms with E-state index in [1.807, 2.05) is 25.2 Å². The van der Waals surface area contributed by atoms with Gasteiger partial charge in [-0.25, -0.2) is 4.98 Å². The first-order chi connectivity index (χ1) is 11.7. The van der Waals surface area contributed by atoms with Crippen LogP contribution in [0.25, 0.3) is 11.1 Å². The van der Waals surface area contributed by atoms with E-state index in [-0.39, 0.29) is 17.9 Å². The molecule has 136 valence electrons. The molecular formula is C19H27N3O3. The van der Waals surface area contributed by atoms with Crippen molar-refractivity contribution < 1.29 is 14.3 Å². The lowest BCUT2D eigenvalue weighted by atomic mass is 9.87. The van der Waals surface area contributed by atoms with Gasteiger partial charge in [0.15, 0.2) is 5.58 Å². The van der Waals surface area contributed by atoms with Crippen molar-refractivity contribution in [2.24, 2.45) is 5.92 Å². The summed E-state index contributed by atoms with van der Waals surface area (Å²) in [6.45, 7) is 8.07. The topological polar surface area (TPSA) is 78.6 Å². The first-order valence-corrected chi connectivity index (χ1v) is 8.78. The van der Waals surface area contributed by atoms with Crippen LogP contribution in [-0.2, 0) is 16.8 Å². The number of likely N-dealkylation sites (tertiary alicyclic amines) is 1. The highest BCUT2D eigenvalue weighted by molar-refractivity contribution is 5.79. The standard InChI is InChI=1S/C19H27N3O3/c1-19(2,3)12-5-6-16-14(9-12)21-17(25-16)10-20-18(24)13-11-22(4)8-7-15(13)23/h5-6,9,13,15,23H,7-8,10-11H2,1-4H3,(H,20,24)/t13-,15-/m1/s1. The monoisotopic (exact) mass is 345 g/mol. The number of carbonyl (C=O) groups is 1. The highest BCUT2D eigenvalue weighted by Crippen LogP contribution is 2.26. The number of hydrogen-bond donors (Lipinski definition) is 2. The molecule has 2 atom stereocenters. The van der Waals surface area contributed by atoms with Crippen LogP contribution in [0, 0.1) is 5.92 Å². The van der Waals surface area contributed by atoms with E-state index >= 15 is 0 Å². The quantitative estimate of drug-likeness (QED) is 0.890. The van der Waals surface area contributed by atoms with E-state index in [1.54, 1.807) is 0 Å². The second-order valence-corrected chi connectivity index (χ2v) is 7.98. The molecule has 25 heavy (non-hydrogen) atoms. The van der Waals surface area contributed by atoms with E-state index in [4.69, 9.17) is 4.42 Å². The fourth-order valence-corrected chi connectivity index (χ4v) is 3.17. The van der Waals surface area contributed by atoms with Crippen molar-refractivity contribution in [3.63, 3.8) is 0 Å². The fourth-order valence-electron chi connectivity index (χ4n) is 3.17. The number of fused-ring (bicyclic) bond motifs is 1. The van der Waals surface area contributed by atoms with E-state index in [2.05, 4.69) is 36.0 Å². The van der Waals surface area contributed by atoms with E-state index < -0.39 is 12.0 Å². The molecule has 1 amide bonds. The SMILES string of the molecule is CN1CC[C@@H](O)[C@H](C(=O)NCc2nc3cc(C(C)(C)C)ccc3o2)C1. The molecule has 0 spiro atoms. The van der Waals surface area contributed by atoms with E-state index in [0.717, 1.165) is 17.6 Å². The van der Waals surface area contributed by atoms with Crippen molar-refractivity contribution in [2.45, 2.75) is 45.3 Å². The first kappa shape index (κ1) is 17.9. The number of aliphatic hydroxyl groups is 1. The Morgan fingerprint density at radius 2 is 2.20 bits per heavy atom. The summed E-state index contributed by atoms with van der Waals surface area (Å²) in [7, 11) is 1.96. The number of aromatic nitrogens is 1. The maximum Gasteiger partial charge on any atom is 0.227 e. The summed E-state index contributed by atoms with van der Waals surface area (Å²) in [5, 5.41) is 12.9. The molecular weight excluding hydrogens is 318 g/mol. The van der Waals surface area contributed by atoms with Crippen LogP contribution in [0.5, 0.6) is 0 Å². The minimum absolute atomic E-state index is 0.0463. The third kappa shape index (κ3) is 4.02. The summed E-state index contributed by atoms with van der Waals surface area (Å²) in [6, 6.07) is 6.00. The molecule has 1 fully saturated rings. The average Bonchev–Trinajstić information content (AvgIpc) is 2.96. The van der Waals surface area contributed by atoms with Crippen molar-refractivity contribution in [3.8, 4) is 0 Å². The number of benzene rings is 1. The number of piperidine rings is 1. The highest BCUT2D eigenvalue weighted by atomic mass is 16.3. The normalized spacial score (nSPS) is 22.3. The maximum absolute atomic E-state index is 12.4. The molecule has 0 unspecified atom stereocenters. The molecule has 0 aliphatic carbocycles. The first-order valence-electron chi connectivity index (χ1n) is 8.78. The van der Waals surface area contributed by atoms with Gasteiger partial charge in [-0.3, -0.25) is 4.79 Å². The Morgan fingerprint density at radius 3 is 2.92 bits per heavy atom. The third-order valence-electron chi connectivity index (χ3n) is 4.83. The Labute approximate surface area is 148 Å². The minimum Gasteiger partial charge on any atom is -0.439 e. The van der Waals surface area contributed by atoms with Crippen LogP contribution >= 0.6 is 0 Å². The van der Waals surface area contributed by atoms with Crippen molar-refractivity contribution in [3.05, 3.63) is 29.7 Å². The van der Waals surface area contributed by atoms with Crippen molar-refractivity contribution in [1.82, 2.24) is 15.2 Å². The zero-order chi connectivity index (χ0) is 18.2. The van der Waals surface area contributed by atoms with Crippen LogP contribution in [-0.4, -0.2) is 47.1 Å². The Bertz CT molecular complexity index is 763. The van der Waals surface area contributed by atoms with Crippen molar-refractivity contribution in [1.29, 1.82) is 0 Å². The molecule has 6 nitrogen and oxygen atoms in total. The Hall–Kier alpha value is -1.92. The van der Waals surface area contributed by atoms with Gasteiger partial charge in [0.2, 0.25) is 11.8 Å². The predicted octanol–water partition coefficient (Wildman–Crippen LogP) is 2.05. The van der Waals surface area contributed by atoms with Crippen LogP contribution in [0.3, 0.4) is 0 Å². The summed E-state index contributed by atoms with van der Waals surface area (Å²) in [4.78, 5) is 18.9. The predicted molar refractivity (Wildman–Crippen MR) is 96.2 cm³/mol. The molecule has 1 aliphatic rings. The molecule has 6 heteroatoms. The molecule has 1 saturated heterocycles. The lowest BCUT2D eigenvalue weighted by Gasteiger charge is -2.32. The molecule has 1 aliphatic heterocycles. The van der Waals surface area contributed by atoms with Crippen molar-refractivity contribution >= 4 is 17.0 Å². The fraction of sp³-hybridized carbons (Fsp3) is 0.579. The Balaban J connectivity index is 1.67. The average molecular weight is 345 g/mol. The number of carbonyl (C=O) groups excluding carboxylic acids is 1. The number of aliphatic hydroxyl groups excluding tert-OH is 1. The molecule has 0 bridgehead atoms. The molecule has 2 N–H and O–H groups in total. The van der Waals surface area contributed by atoms with Gasteiger partial charge in [-0.1, -0.05) is 26.8 Å². The summed E-state index contributed by atoms with van der Waals surface area (Å²) >= 11 is 0. The zero-order valence-electron chi connectivity index (χ0n) is 15.4. The van der Waals surface area contributed by atoms with Gasteiger partial charge in [0.05, 0.1) is 18.6 Å². The lowest BCUT2D eigenvalue weighted by Crippen LogP contribution is -2.48. The Kier molecular flexibility index (Phi) is 4.84. The molecule has 1 aromatic heterocycles.